The number of nitrogens with zero attached hydrogens (tertiary/aromatic N) is 1. The summed E-state index contributed by atoms with van der Waals surface area (Å²) in [6, 6.07) is 5.68. The van der Waals surface area contributed by atoms with Gasteiger partial charge < -0.3 is 9.84 Å². The van der Waals surface area contributed by atoms with E-state index in [0.29, 0.717) is 5.56 Å². The average molecular weight is 235 g/mol. The van der Waals surface area contributed by atoms with Gasteiger partial charge in [-0.25, -0.2) is 4.79 Å². The molecule has 0 saturated carbocycles. The van der Waals surface area contributed by atoms with Crippen LogP contribution in [0.3, 0.4) is 0 Å². The predicted molar refractivity (Wildman–Crippen MR) is 57.3 cm³/mol. The van der Waals surface area contributed by atoms with Crippen molar-refractivity contribution in [3.8, 4) is 0 Å². The first-order chi connectivity index (χ1) is 8.06. The third-order valence-electron chi connectivity index (χ3n) is 2.41. The fourth-order valence-electron chi connectivity index (χ4n) is 1.60. The summed E-state index contributed by atoms with van der Waals surface area (Å²) in [4.78, 5) is 21.0. The lowest BCUT2D eigenvalue weighted by Gasteiger charge is -2.20. The van der Waals surface area contributed by atoms with Crippen LogP contribution in [0.5, 0.6) is 0 Å². The van der Waals surface area contributed by atoms with Crippen LogP contribution < -0.4 is 0 Å². The topological polar surface area (TPSA) is 89.7 Å². The molecule has 1 aliphatic rings. The Balaban J connectivity index is 2.21. The predicted octanol–water partition coefficient (Wildman–Crippen LogP) is 2.02. The highest BCUT2D eigenvalue weighted by molar-refractivity contribution is 5.83. The number of nitro benzene ring substituents is 1. The highest BCUT2D eigenvalue weighted by atomic mass is 16.6. The summed E-state index contributed by atoms with van der Waals surface area (Å²) in [7, 11) is 0. The molecule has 1 atom stereocenters. The van der Waals surface area contributed by atoms with Crippen molar-refractivity contribution in [2.75, 3.05) is 0 Å². The maximum absolute atomic E-state index is 11.1. The van der Waals surface area contributed by atoms with Crippen LogP contribution in [0.2, 0.25) is 0 Å². The van der Waals surface area contributed by atoms with E-state index < -0.39 is 17.0 Å². The molecule has 0 bridgehead atoms. The van der Waals surface area contributed by atoms with E-state index in [1.54, 1.807) is 0 Å². The van der Waals surface area contributed by atoms with Crippen molar-refractivity contribution in [3.05, 3.63) is 51.8 Å². The summed E-state index contributed by atoms with van der Waals surface area (Å²) in [6.07, 6.45) is 0.610. The van der Waals surface area contributed by atoms with Gasteiger partial charge in [0.1, 0.15) is 11.9 Å². The Hall–Kier alpha value is -2.37. The zero-order valence-corrected chi connectivity index (χ0v) is 8.70. The minimum Gasteiger partial charge on any atom is -0.512 e. The van der Waals surface area contributed by atoms with Gasteiger partial charge in [-0.3, -0.25) is 10.1 Å². The number of aliphatic hydroxyl groups excluding tert-OH is 1. The number of aliphatic hydroxyl groups is 1. The molecule has 88 valence electrons. The lowest BCUT2D eigenvalue weighted by atomic mass is 10.0. The Bertz CT molecular complexity index is 491. The first-order valence-corrected chi connectivity index (χ1v) is 4.91. The van der Waals surface area contributed by atoms with Gasteiger partial charge >= 0.3 is 5.97 Å². The van der Waals surface area contributed by atoms with Crippen molar-refractivity contribution in [2.24, 2.45) is 0 Å². The summed E-state index contributed by atoms with van der Waals surface area (Å²) in [6.45, 7) is 0. The van der Waals surface area contributed by atoms with Crippen LogP contribution in [0, 0.1) is 10.1 Å². The number of hydrogen-bond donors (Lipinski definition) is 1. The number of rotatable bonds is 2. The Kier molecular flexibility index (Phi) is 2.78. The second-order valence-corrected chi connectivity index (χ2v) is 3.61. The maximum Gasteiger partial charge on any atom is 0.334 e. The normalized spacial score (nSPS) is 19.4. The molecule has 0 fully saturated rings. The molecule has 1 aliphatic heterocycles. The number of hydrogen-bond acceptors (Lipinski definition) is 5. The van der Waals surface area contributed by atoms with Gasteiger partial charge in [-0.1, -0.05) is 0 Å². The third kappa shape index (κ3) is 2.41. The minimum atomic E-state index is -0.614. The molecule has 1 unspecified atom stereocenters. The van der Waals surface area contributed by atoms with E-state index in [1.807, 2.05) is 0 Å². The van der Waals surface area contributed by atoms with E-state index in [4.69, 9.17) is 4.74 Å². The molecule has 0 saturated heterocycles. The van der Waals surface area contributed by atoms with Crippen LogP contribution in [0.25, 0.3) is 0 Å². The van der Waals surface area contributed by atoms with Gasteiger partial charge in [-0.05, 0) is 17.7 Å². The van der Waals surface area contributed by atoms with Crippen LogP contribution in [-0.4, -0.2) is 16.0 Å². The van der Waals surface area contributed by atoms with E-state index in [9.17, 15) is 20.0 Å². The van der Waals surface area contributed by atoms with Crippen molar-refractivity contribution >= 4 is 11.7 Å². The van der Waals surface area contributed by atoms with Crippen molar-refractivity contribution in [2.45, 2.75) is 12.5 Å². The van der Waals surface area contributed by atoms with Gasteiger partial charge in [0.2, 0.25) is 0 Å². The third-order valence-corrected chi connectivity index (χ3v) is 2.41. The fourth-order valence-corrected chi connectivity index (χ4v) is 1.60. The van der Waals surface area contributed by atoms with Crippen molar-refractivity contribution in [3.63, 3.8) is 0 Å². The van der Waals surface area contributed by atoms with Gasteiger partial charge in [0, 0.05) is 18.6 Å². The van der Waals surface area contributed by atoms with E-state index in [2.05, 4.69) is 0 Å². The van der Waals surface area contributed by atoms with Gasteiger partial charge in [0.25, 0.3) is 5.69 Å². The van der Waals surface area contributed by atoms with Gasteiger partial charge in [-0.2, -0.15) is 0 Å². The molecule has 1 N–H and O–H groups in total. The Morgan fingerprint density at radius 3 is 2.53 bits per heavy atom. The molecule has 1 aromatic carbocycles. The maximum atomic E-state index is 11.1. The highest BCUT2D eigenvalue weighted by Crippen LogP contribution is 2.29. The number of nitro groups is 1. The van der Waals surface area contributed by atoms with Crippen molar-refractivity contribution in [1.82, 2.24) is 0 Å². The zero-order valence-electron chi connectivity index (χ0n) is 8.70. The Morgan fingerprint density at radius 1 is 1.35 bits per heavy atom. The van der Waals surface area contributed by atoms with Gasteiger partial charge in [0.15, 0.2) is 0 Å². The van der Waals surface area contributed by atoms with Crippen LogP contribution in [0.1, 0.15) is 18.1 Å². The zero-order chi connectivity index (χ0) is 12.4. The van der Waals surface area contributed by atoms with Crippen LogP contribution in [0.15, 0.2) is 36.1 Å². The number of ether oxygens (including phenoxy) is 1. The van der Waals surface area contributed by atoms with Crippen molar-refractivity contribution in [1.29, 1.82) is 0 Å². The monoisotopic (exact) mass is 235 g/mol. The van der Waals surface area contributed by atoms with E-state index in [0.717, 1.165) is 6.08 Å². The Labute approximate surface area is 96.3 Å². The largest absolute Gasteiger partial charge is 0.512 e. The molecule has 6 heteroatoms. The molecule has 1 heterocycles. The molecular weight excluding hydrogens is 226 g/mol. The fraction of sp³-hybridized carbons (Fsp3) is 0.182. The molecule has 0 aliphatic carbocycles. The molecule has 17 heavy (non-hydrogen) atoms. The summed E-state index contributed by atoms with van der Waals surface area (Å²) in [5, 5.41) is 19.8. The molecule has 0 radical (unpaired) electrons. The van der Waals surface area contributed by atoms with E-state index in [-0.39, 0.29) is 17.9 Å². The standard InChI is InChI=1S/C11H9NO5/c13-9-5-10(17-11(14)6-9)7-1-3-8(4-2-7)12(15)16/h1-4,6,10,13H,5H2. The molecular formula is C11H9NO5. The second-order valence-electron chi connectivity index (χ2n) is 3.61. The SMILES string of the molecule is O=C1C=C(O)CC(c2ccc([N+](=O)[O-])cc2)O1. The molecule has 0 amide bonds. The van der Waals surface area contributed by atoms with E-state index in [1.165, 1.54) is 24.3 Å². The Morgan fingerprint density at radius 2 is 2.00 bits per heavy atom. The molecule has 1 aromatic rings. The molecule has 0 aromatic heterocycles. The second kappa shape index (κ2) is 4.25. The van der Waals surface area contributed by atoms with Crippen LogP contribution >= 0.6 is 0 Å². The summed E-state index contributed by atoms with van der Waals surface area (Å²) >= 11 is 0. The summed E-state index contributed by atoms with van der Waals surface area (Å²) in [5.41, 5.74) is 0.583. The molecule has 0 spiro atoms. The lowest BCUT2D eigenvalue weighted by molar-refractivity contribution is -0.384. The van der Waals surface area contributed by atoms with Gasteiger partial charge in [-0.15, -0.1) is 0 Å². The number of non-ortho nitro benzene ring substituents is 1. The number of carbonyl (C=O) groups excluding carboxylic acids is 1. The average Bonchev–Trinajstić information content (AvgIpc) is 2.28. The quantitative estimate of drug-likeness (QED) is 0.481. The number of esters is 1. The number of benzene rings is 1. The molecule has 2 rings (SSSR count). The summed E-state index contributed by atoms with van der Waals surface area (Å²) < 4.78 is 5.00. The number of carbonyl (C=O) groups is 1. The van der Waals surface area contributed by atoms with Crippen LogP contribution in [0.4, 0.5) is 5.69 Å². The van der Waals surface area contributed by atoms with Crippen molar-refractivity contribution < 1.29 is 19.6 Å². The first-order valence-electron chi connectivity index (χ1n) is 4.91. The van der Waals surface area contributed by atoms with Crippen LogP contribution in [-0.2, 0) is 9.53 Å². The summed E-state index contributed by atoms with van der Waals surface area (Å²) in [5.74, 6) is -0.665. The van der Waals surface area contributed by atoms with Gasteiger partial charge in [0.05, 0.1) is 11.0 Å². The minimum absolute atomic E-state index is 0.0318. The smallest absolute Gasteiger partial charge is 0.334 e. The molecule has 6 nitrogen and oxygen atoms in total. The van der Waals surface area contributed by atoms with E-state index >= 15 is 0 Å². The first kappa shape index (κ1) is 11.1. The highest BCUT2D eigenvalue weighted by Gasteiger charge is 2.23. The number of cyclic esters (lactones) is 1. The lowest BCUT2D eigenvalue weighted by Crippen LogP contribution is -2.15.